The summed E-state index contributed by atoms with van der Waals surface area (Å²) in [5, 5.41) is 3.53. The molecule has 0 amide bonds. The number of hydrogen-bond acceptors (Lipinski definition) is 2. The average molecular weight is 260 g/mol. The van der Waals surface area contributed by atoms with Crippen LogP contribution >= 0.6 is 0 Å². The van der Waals surface area contributed by atoms with Gasteiger partial charge in [0, 0.05) is 24.3 Å². The van der Waals surface area contributed by atoms with Crippen molar-refractivity contribution >= 4 is 5.69 Å². The van der Waals surface area contributed by atoms with E-state index in [0.29, 0.717) is 12.1 Å². The molecule has 1 heterocycles. The van der Waals surface area contributed by atoms with Gasteiger partial charge in [0.15, 0.2) is 0 Å². The van der Waals surface area contributed by atoms with Crippen molar-refractivity contribution < 1.29 is 0 Å². The summed E-state index contributed by atoms with van der Waals surface area (Å²) in [7, 11) is 0. The van der Waals surface area contributed by atoms with E-state index in [1.807, 2.05) is 0 Å². The van der Waals surface area contributed by atoms with Crippen LogP contribution in [0.15, 0.2) is 24.3 Å². The molecule has 1 N–H and O–H groups in total. The van der Waals surface area contributed by atoms with Crippen molar-refractivity contribution in [3.8, 4) is 0 Å². The van der Waals surface area contributed by atoms with Crippen LogP contribution in [0.1, 0.15) is 45.6 Å². The van der Waals surface area contributed by atoms with Crippen LogP contribution in [0.5, 0.6) is 0 Å². The minimum absolute atomic E-state index is 0.587. The van der Waals surface area contributed by atoms with Crippen LogP contribution in [0.3, 0.4) is 0 Å². The lowest BCUT2D eigenvalue weighted by Crippen LogP contribution is -2.37. The average Bonchev–Trinajstić information content (AvgIpc) is 2.60. The number of hydrogen-bond donors (Lipinski definition) is 1. The van der Waals surface area contributed by atoms with Crippen molar-refractivity contribution in [3.63, 3.8) is 0 Å². The molecule has 2 rings (SSSR count). The molecule has 1 aliphatic rings. The zero-order valence-electron chi connectivity index (χ0n) is 12.7. The van der Waals surface area contributed by atoms with E-state index in [0.717, 1.165) is 6.54 Å². The summed E-state index contributed by atoms with van der Waals surface area (Å²) in [5.74, 6) is 0. The zero-order chi connectivity index (χ0) is 13.7. The molecule has 0 bridgehead atoms. The summed E-state index contributed by atoms with van der Waals surface area (Å²) in [6, 6.07) is 10.2. The van der Waals surface area contributed by atoms with Crippen LogP contribution in [0.25, 0.3) is 0 Å². The molecule has 0 radical (unpaired) electrons. The smallest absolute Gasteiger partial charge is 0.0401 e. The largest absolute Gasteiger partial charge is 0.369 e. The van der Waals surface area contributed by atoms with Crippen molar-refractivity contribution in [2.45, 2.75) is 58.5 Å². The molecule has 0 fully saturated rings. The van der Waals surface area contributed by atoms with Crippen LogP contribution in [-0.2, 0) is 6.42 Å². The molecule has 2 heteroatoms. The van der Waals surface area contributed by atoms with Gasteiger partial charge in [0.2, 0.25) is 0 Å². The van der Waals surface area contributed by atoms with Gasteiger partial charge in [-0.3, -0.25) is 0 Å². The van der Waals surface area contributed by atoms with Gasteiger partial charge in [-0.2, -0.15) is 0 Å². The van der Waals surface area contributed by atoms with Crippen LogP contribution in [0, 0.1) is 0 Å². The van der Waals surface area contributed by atoms with Gasteiger partial charge in [-0.15, -0.1) is 0 Å². The van der Waals surface area contributed by atoms with Crippen molar-refractivity contribution in [3.05, 3.63) is 29.8 Å². The highest BCUT2D eigenvalue weighted by Crippen LogP contribution is 2.28. The lowest BCUT2D eigenvalue weighted by Gasteiger charge is -2.32. The van der Waals surface area contributed by atoms with E-state index in [9.17, 15) is 0 Å². The monoisotopic (exact) mass is 260 g/mol. The van der Waals surface area contributed by atoms with Crippen LogP contribution in [-0.4, -0.2) is 25.2 Å². The molecule has 1 atom stereocenters. The number of nitrogens with one attached hydrogen (secondary N) is 1. The van der Waals surface area contributed by atoms with Gasteiger partial charge in [-0.25, -0.2) is 0 Å². The van der Waals surface area contributed by atoms with E-state index in [-0.39, 0.29) is 0 Å². The van der Waals surface area contributed by atoms with Gasteiger partial charge >= 0.3 is 0 Å². The molecule has 0 aliphatic carbocycles. The lowest BCUT2D eigenvalue weighted by molar-refractivity contribution is 0.513. The summed E-state index contributed by atoms with van der Waals surface area (Å²) in [5.41, 5.74) is 3.00. The Morgan fingerprint density at radius 2 is 1.95 bits per heavy atom. The Labute approximate surface area is 118 Å². The van der Waals surface area contributed by atoms with E-state index in [4.69, 9.17) is 0 Å². The van der Waals surface area contributed by atoms with E-state index in [1.165, 1.54) is 43.5 Å². The number of para-hydroxylation sites is 1. The second-order valence-corrected chi connectivity index (χ2v) is 6.03. The first-order chi connectivity index (χ1) is 9.18. The molecule has 0 saturated carbocycles. The van der Waals surface area contributed by atoms with Gasteiger partial charge in [-0.1, -0.05) is 32.0 Å². The number of fused-ring (bicyclic) bond motifs is 1. The number of rotatable bonds is 5. The minimum atomic E-state index is 0.587. The highest BCUT2D eigenvalue weighted by molar-refractivity contribution is 5.55. The van der Waals surface area contributed by atoms with E-state index in [1.54, 1.807) is 0 Å². The molecule has 106 valence electrons. The predicted octanol–water partition coefficient (Wildman–Crippen LogP) is 3.61. The second-order valence-electron chi connectivity index (χ2n) is 6.03. The summed E-state index contributed by atoms with van der Waals surface area (Å²) in [6.07, 6.45) is 5.09. The maximum atomic E-state index is 3.53. The minimum Gasteiger partial charge on any atom is -0.369 e. The van der Waals surface area contributed by atoms with E-state index in [2.05, 4.69) is 55.3 Å². The molecular weight excluding hydrogens is 232 g/mol. The van der Waals surface area contributed by atoms with Crippen LogP contribution in [0.4, 0.5) is 5.69 Å². The van der Waals surface area contributed by atoms with Crippen LogP contribution in [0.2, 0.25) is 0 Å². The first-order valence-electron chi connectivity index (χ1n) is 7.76. The Balaban J connectivity index is 2.02. The highest BCUT2D eigenvalue weighted by Gasteiger charge is 2.19. The van der Waals surface area contributed by atoms with Crippen molar-refractivity contribution in [1.29, 1.82) is 0 Å². The molecule has 0 saturated heterocycles. The second kappa shape index (κ2) is 6.95. The molecule has 2 nitrogen and oxygen atoms in total. The Bertz CT molecular complexity index is 387. The van der Waals surface area contributed by atoms with Gasteiger partial charge in [0.05, 0.1) is 0 Å². The van der Waals surface area contributed by atoms with Crippen LogP contribution < -0.4 is 10.2 Å². The number of benzene rings is 1. The van der Waals surface area contributed by atoms with Crippen molar-refractivity contribution in [1.82, 2.24) is 5.32 Å². The predicted molar refractivity (Wildman–Crippen MR) is 83.9 cm³/mol. The Morgan fingerprint density at radius 1 is 1.16 bits per heavy atom. The Morgan fingerprint density at radius 3 is 2.74 bits per heavy atom. The van der Waals surface area contributed by atoms with E-state index < -0.39 is 0 Å². The molecular formula is C17H28N2. The molecule has 1 aliphatic heterocycles. The van der Waals surface area contributed by atoms with Gasteiger partial charge in [-0.05, 0) is 50.8 Å². The van der Waals surface area contributed by atoms with E-state index >= 15 is 0 Å². The Hall–Kier alpha value is -1.02. The fourth-order valence-electron chi connectivity index (χ4n) is 2.92. The number of aryl methyl sites for hydroxylation is 1. The molecule has 1 aromatic carbocycles. The lowest BCUT2D eigenvalue weighted by atomic mass is 10.1. The summed E-state index contributed by atoms with van der Waals surface area (Å²) in [4.78, 5) is 2.62. The number of nitrogens with zero attached hydrogens (tertiary/aromatic N) is 1. The standard InChI is InChI=1S/C17H28N2/c1-14(2)18-12-11-15(3)19-13-7-6-9-16-8-4-5-10-17(16)19/h4-5,8,10,14-15,18H,6-7,9,11-13H2,1-3H3. The van der Waals surface area contributed by atoms with Gasteiger partial charge in [0.1, 0.15) is 0 Å². The van der Waals surface area contributed by atoms with Gasteiger partial charge in [0.25, 0.3) is 0 Å². The normalized spacial score (nSPS) is 17.2. The third-order valence-electron chi connectivity index (χ3n) is 4.04. The Kier molecular flexibility index (Phi) is 5.26. The topological polar surface area (TPSA) is 15.3 Å². The maximum absolute atomic E-state index is 3.53. The van der Waals surface area contributed by atoms with Gasteiger partial charge < -0.3 is 10.2 Å². The SMILES string of the molecule is CC(C)NCCC(C)N1CCCCc2ccccc21. The molecule has 1 unspecified atom stereocenters. The maximum Gasteiger partial charge on any atom is 0.0401 e. The first-order valence-corrected chi connectivity index (χ1v) is 7.76. The third-order valence-corrected chi connectivity index (χ3v) is 4.04. The van der Waals surface area contributed by atoms with Crippen molar-refractivity contribution in [2.24, 2.45) is 0 Å². The zero-order valence-corrected chi connectivity index (χ0v) is 12.7. The third kappa shape index (κ3) is 3.97. The molecule has 0 spiro atoms. The number of anilines is 1. The fraction of sp³-hybridized carbons (Fsp3) is 0.647. The quantitative estimate of drug-likeness (QED) is 0.870. The summed E-state index contributed by atoms with van der Waals surface area (Å²) >= 11 is 0. The molecule has 19 heavy (non-hydrogen) atoms. The highest BCUT2D eigenvalue weighted by atomic mass is 15.2. The first kappa shape index (κ1) is 14.4. The fourth-order valence-corrected chi connectivity index (χ4v) is 2.92. The summed E-state index contributed by atoms with van der Waals surface area (Å²) in [6.45, 7) is 9.11. The summed E-state index contributed by atoms with van der Waals surface area (Å²) < 4.78 is 0. The van der Waals surface area contributed by atoms with Crippen molar-refractivity contribution in [2.75, 3.05) is 18.0 Å². The molecule has 0 aromatic heterocycles. The molecule has 1 aromatic rings.